The van der Waals surface area contributed by atoms with Gasteiger partial charge in [-0.05, 0) is 31.0 Å². The zero-order valence-corrected chi connectivity index (χ0v) is 21.4. The van der Waals surface area contributed by atoms with Gasteiger partial charge in [-0.3, -0.25) is 0 Å². The highest BCUT2D eigenvalue weighted by Gasteiger charge is 2.39. The fourth-order valence-corrected chi connectivity index (χ4v) is 4.75. The first-order valence-electron chi connectivity index (χ1n) is 12.5. The van der Waals surface area contributed by atoms with Crippen molar-refractivity contribution in [3.05, 3.63) is 65.4 Å². The molecule has 1 atom stereocenters. The molecule has 0 aliphatic carbocycles. The van der Waals surface area contributed by atoms with E-state index in [1.165, 1.54) is 10.9 Å². The first-order valence-corrected chi connectivity index (χ1v) is 12.5. The summed E-state index contributed by atoms with van der Waals surface area (Å²) in [7, 11) is 3.39. The van der Waals surface area contributed by atoms with Gasteiger partial charge in [0.2, 0.25) is 5.95 Å². The molecule has 2 aromatic heterocycles. The van der Waals surface area contributed by atoms with Gasteiger partial charge in [-0.1, -0.05) is 36.8 Å². The normalized spacial score (nSPS) is 16.0. The number of ether oxygens (including phenoxy) is 1. The van der Waals surface area contributed by atoms with Gasteiger partial charge in [0.25, 0.3) is 0 Å². The monoisotopic (exact) mass is 546 g/mol. The van der Waals surface area contributed by atoms with Crippen LogP contribution in [-0.2, 0) is 19.8 Å². The smallest absolute Gasteiger partial charge is 0.419 e. The third kappa shape index (κ3) is 5.51. The molecule has 5 rings (SSSR count). The van der Waals surface area contributed by atoms with E-state index in [-0.39, 0.29) is 23.7 Å². The third-order valence-corrected chi connectivity index (χ3v) is 6.76. The van der Waals surface area contributed by atoms with E-state index in [0.717, 1.165) is 25.8 Å². The molecule has 1 unspecified atom stereocenters. The minimum Gasteiger partial charge on any atom is -0.483 e. The highest BCUT2D eigenvalue weighted by atomic mass is 19.4. The number of alkyl halides is 3. The number of halogens is 5. The molecule has 4 aromatic rings. The largest absolute Gasteiger partial charge is 0.483 e. The zero-order chi connectivity index (χ0) is 27.7. The summed E-state index contributed by atoms with van der Waals surface area (Å²) in [5.74, 6) is -3.84. The van der Waals surface area contributed by atoms with Crippen LogP contribution in [0.3, 0.4) is 0 Å². The predicted octanol–water partition coefficient (Wildman–Crippen LogP) is 5.48. The molecule has 1 N–H and O–H groups in total. The highest BCUT2D eigenvalue weighted by molar-refractivity contribution is 5.91. The van der Waals surface area contributed by atoms with Gasteiger partial charge in [-0.25, -0.2) is 18.4 Å². The van der Waals surface area contributed by atoms with Crippen molar-refractivity contribution in [3.63, 3.8) is 0 Å². The number of anilines is 1. The molecule has 3 heterocycles. The van der Waals surface area contributed by atoms with Crippen LogP contribution in [0.5, 0.6) is 5.75 Å². The van der Waals surface area contributed by atoms with Crippen LogP contribution in [0.25, 0.3) is 22.3 Å². The Morgan fingerprint density at radius 2 is 1.90 bits per heavy atom. The first-order chi connectivity index (χ1) is 18.6. The maximum Gasteiger partial charge on any atom is 0.419 e. The Labute approximate surface area is 221 Å². The molecule has 206 valence electrons. The molecule has 1 saturated heterocycles. The van der Waals surface area contributed by atoms with Crippen molar-refractivity contribution in [1.82, 2.24) is 25.1 Å². The van der Waals surface area contributed by atoms with E-state index in [4.69, 9.17) is 4.74 Å². The van der Waals surface area contributed by atoms with Gasteiger partial charge in [0, 0.05) is 38.4 Å². The van der Waals surface area contributed by atoms with Crippen molar-refractivity contribution < 1.29 is 26.7 Å². The van der Waals surface area contributed by atoms with E-state index < -0.39 is 34.7 Å². The second-order valence-corrected chi connectivity index (χ2v) is 9.61. The molecule has 1 aliphatic heterocycles. The summed E-state index contributed by atoms with van der Waals surface area (Å²) in [6.07, 6.45) is -0.401. The van der Waals surface area contributed by atoms with Crippen LogP contribution in [0.2, 0.25) is 0 Å². The van der Waals surface area contributed by atoms with Gasteiger partial charge in [0.15, 0.2) is 23.0 Å². The molecule has 0 spiro atoms. The predicted molar refractivity (Wildman–Crippen MR) is 136 cm³/mol. The van der Waals surface area contributed by atoms with Crippen molar-refractivity contribution in [1.29, 1.82) is 0 Å². The van der Waals surface area contributed by atoms with Crippen molar-refractivity contribution in [2.45, 2.75) is 38.1 Å². The number of benzene rings is 2. The lowest BCUT2D eigenvalue weighted by molar-refractivity contribution is -0.140. The minimum absolute atomic E-state index is 0.150. The number of hydrogen-bond donors (Lipinski definition) is 1. The fraction of sp³-hybridized carbons (Fsp3) is 0.370. The van der Waals surface area contributed by atoms with Crippen molar-refractivity contribution >= 4 is 17.0 Å². The average Bonchev–Trinajstić information content (AvgIpc) is 3.24. The number of aromatic nitrogens is 4. The Balaban J connectivity index is 1.54. The quantitative estimate of drug-likeness (QED) is 0.310. The number of fused-ring (bicyclic) bond motifs is 1. The second-order valence-electron chi connectivity index (χ2n) is 9.61. The van der Waals surface area contributed by atoms with E-state index in [1.807, 2.05) is 11.9 Å². The number of nitrogens with zero attached hydrogens (tertiary/aromatic N) is 5. The number of nitrogens with one attached hydrogen (secondary N) is 1. The standard InChI is InChI=1S/C27H27F5N6O/c1-37(14-17-10-6-7-11-33-17)26-34-13-19-23(36-38(2)25(19)35-26)18-12-20(27(30,31)32)22(29)24(21(18)28)39-15-16-8-4-3-5-9-16/h3-5,8-9,12-13,17,33H,6-7,10-11,14-15H2,1-2H3. The Kier molecular flexibility index (Phi) is 7.39. The van der Waals surface area contributed by atoms with Gasteiger partial charge in [0.05, 0.1) is 10.9 Å². The van der Waals surface area contributed by atoms with E-state index in [1.54, 1.807) is 37.4 Å². The van der Waals surface area contributed by atoms with Crippen LogP contribution in [0.1, 0.15) is 30.4 Å². The number of piperidine rings is 1. The molecule has 0 radical (unpaired) electrons. The lowest BCUT2D eigenvalue weighted by Gasteiger charge is -2.28. The summed E-state index contributed by atoms with van der Waals surface area (Å²) < 4.78 is 78.6. The van der Waals surface area contributed by atoms with Crippen LogP contribution in [0.4, 0.5) is 27.9 Å². The lowest BCUT2D eigenvalue weighted by Crippen LogP contribution is -2.42. The summed E-state index contributed by atoms with van der Waals surface area (Å²) in [6.45, 7) is 1.29. The molecular weight excluding hydrogens is 519 g/mol. The molecule has 12 heteroatoms. The molecule has 0 amide bonds. The van der Waals surface area contributed by atoms with E-state index >= 15 is 4.39 Å². The van der Waals surface area contributed by atoms with Crippen LogP contribution in [0.15, 0.2) is 42.6 Å². The number of aryl methyl sites for hydroxylation is 1. The molecule has 0 saturated carbocycles. The molecule has 0 bridgehead atoms. The van der Waals surface area contributed by atoms with Gasteiger partial charge >= 0.3 is 6.18 Å². The van der Waals surface area contributed by atoms with Crippen molar-refractivity contribution in [3.8, 4) is 17.0 Å². The summed E-state index contributed by atoms with van der Waals surface area (Å²) >= 11 is 0. The minimum atomic E-state index is -5.10. The van der Waals surface area contributed by atoms with Crippen LogP contribution in [-0.4, -0.2) is 45.9 Å². The van der Waals surface area contributed by atoms with E-state index in [0.29, 0.717) is 29.8 Å². The fourth-order valence-electron chi connectivity index (χ4n) is 4.75. The molecule has 1 fully saturated rings. The molecule has 1 aliphatic rings. The van der Waals surface area contributed by atoms with Crippen LogP contribution < -0.4 is 15.0 Å². The van der Waals surface area contributed by atoms with Gasteiger partial charge < -0.3 is 15.0 Å². The van der Waals surface area contributed by atoms with Crippen LogP contribution in [0, 0.1) is 11.6 Å². The Bertz CT molecular complexity index is 1470. The third-order valence-electron chi connectivity index (χ3n) is 6.76. The maximum atomic E-state index is 15.7. The van der Waals surface area contributed by atoms with Gasteiger partial charge in [-0.2, -0.15) is 23.3 Å². The number of likely N-dealkylation sites (N-methyl/N-ethyl adjacent to an activating group) is 1. The summed E-state index contributed by atoms with van der Waals surface area (Å²) in [5, 5.41) is 7.92. The Morgan fingerprint density at radius 1 is 1.13 bits per heavy atom. The maximum absolute atomic E-state index is 15.7. The Hall–Kier alpha value is -3.80. The van der Waals surface area contributed by atoms with E-state index in [9.17, 15) is 17.6 Å². The molecule has 2 aromatic carbocycles. The number of rotatable bonds is 7. The molecule has 7 nitrogen and oxygen atoms in total. The highest BCUT2D eigenvalue weighted by Crippen LogP contribution is 2.42. The SMILES string of the molecule is CN(CC1CCCCN1)c1ncc2c(-c3cc(C(F)(F)F)c(F)c(OCc4ccccc4)c3F)nn(C)c2n1. The zero-order valence-electron chi connectivity index (χ0n) is 21.4. The van der Waals surface area contributed by atoms with E-state index in [2.05, 4.69) is 20.4 Å². The molecule has 39 heavy (non-hydrogen) atoms. The van der Waals surface area contributed by atoms with Gasteiger partial charge in [0.1, 0.15) is 12.3 Å². The Morgan fingerprint density at radius 3 is 2.59 bits per heavy atom. The lowest BCUT2D eigenvalue weighted by atomic mass is 10.0. The number of hydrogen-bond acceptors (Lipinski definition) is 6. The first kappa shape index (κ1) is 26.8. The average molecular weight is 547 g/mol. The van der Waals surface area contributed by atoms with Crippen molar-refractivity contribution in [2.75, 3.05) is 25.0 Å². The topological polar surface area (TPSA) is 68.1 Å². The van der Waals surface area contributed by atoms with Gasteiger partial charge in [-0.15, -0.1) is 0 Å². The summed E-state index contributed by atoms with van der Waals surface area (Å²) in [5.41, 5.74) is -1.54. The summed E-state index contributed by atoms with van der Waals surface area (Å²) in [6, 6.07) is 9.06. The van der Waals surface area contributed by atoms with Crippen molar-refractivity contribution in [2.24, 2.45) is 7.05 Å². The van der Waals surface area contributed by atoms with Crippen LogP contribution >= 0.6 is 0 Å². The molecular formula is C27H27F5N6O. The summed E-state index contributed by atoms with van der Waals surface area (Å²) in [4.78, 5) is 10.8. The second kappa shape index (κ2) is 10.8.